The van der Waals surface area contributed by atoms with Crippen molar-refractivity contribution in [1.82, 2.24) is 15.1 Å². The fourth-order valence-electron chi connectivity index (χ4n) is 4.19. The van der Waals surface area contributed by atoms with Gasteiger partial charge < -0.3 is 5.32 Å². The second-order valence-corrected chi connectivity index (χ2v) is 9.49. The normalized spacial score (nSPS) is 29.2. The quantitative estimate of drug-likeness (QED) is 0.761. The molecule has 1 saturated carbocycles. The SMILES string of the molecule is CCN(CN1C(=O)NC2(CCCCCC2)C1=O)[C@H]1CCS(=O)(=O)C1. The maximum Gasteiger partial charge on any atom is 0.326 e. The third kappa shape index (κ3) is 3.31. The zero-order valence-corrected chi connectivity index (χ0v) is 15.1. The van der Waals surface area contributed by atoms with Crippen molar-refractivity contribution < 1.29 is 18.0 Å². The van der Waals surface area contributed by atoms with E-state index in [1.54, 1.807) is 0 Å². The summed E-state index contributed by atoms with van der Waals surface area (Å²) in [6, 6.07) is -0.438. The summed E-state index contributed by atoms with van der Waals surface area (Å²) in [6.45, 7) is 2.73. The minimum absolute atomic E-state index is 0.105. The lowest BCUT2D eigenvalue weighted by Crippen LogP contribution is -2.49. The van der Waals surface area contributed by atoms with Gasteiger partial charge in [-0.2, -0.15) is 0 Å². The molecule has 3 amide bonds. The molecule has 0 unspecified atom stereocenters. The van der Waals surface area contributed by atoms with Crippen LogP contribution in [-0.4, -0.2) is 66.5 Å². The van der Waals surface area contributed by atoms with Crippen LogP contribution in [0, 0.1) is 0 Å². The number of carbonyl (C=O) groups excluding carboxylic acids is 2. The van der Waals surface area contributed by atoms with Gasteiger partial charge in [0.2, 0.25) is 0 Å². The van der Waals surface area contributed by atoms with Crippen molar-refractivity contribution in [2.75, 3.05) is 24.7 Å². The molecule has 7 nitrogen and oxygen atoms in total. The van der Waals surface area contributed by atoms with Gasteiger partial charge >= 0.3 is 6.03 Å². The van der Waals surface area contributed by atoms with Crippen molar-refractivity contribution in [3.8, 4) is 0 Å². The number of nitrogens with one attached hydrogen (secondary N) is 1. The van der Waals surface area contributed by atoms with Gasteiger partial charge in [0.25, 0.3) is 5.91 Å². The molecule has 24 heavy (non-hydrogen) atoms. The summed E-state index contributed by atoms with van der Waals surface area (Å²) in [7, 11) is -2.99. The summed E-state index contributed by atoms with van der Waals surface area (Å²) >= 11 is 0. The first-order chi connectivity index (χ1) is 11.4. The zero-order valence-electron chi connectivity index (χ0n) is 14.3. The van der Waals surface area contributed by atoms with Gasteiger partial charge in [-0.05, 0) is 25.8 Å². The lowest BCUT2D eigenvalue weighted by Gasteiger charge is -2.30. The van der Waals surface area contributed by atoms with Gasteiger partial charge in [0.05, 0.1) is 18.2 Å². The van der Waals surface area contributed by atoms with Crippen LogP contribution < -0.4 is 5.32 Å². The highest BCUT2D eigenvalue weighted by molar-refractivity contribution is 7.91. The Morgan fingerprint density at radius 3 is 2.42 bits per heavy atom. The van der Waals surface area contributed by atoms with Crippen molar-refractivity contribution in [1.29, 1.82) is 0 Å². The van der Waals surface area contributed by atoms with Crippen molar-refractivity contribution in [3.63, 3.8) is 0 Å². The van der Waals surface area contributed by atoms with Crippen LogP contribution in [0.5, 0.6) is 0 Å². The maximum absolute atomic E-state index is 12.9. The van der Waals surface area contributed by atoms with Crippen LogP contribution >= 0.6 is 0 Å². The highest BCUT2D eigenvalue weighted by Crippen LogP contribution is 2.33. The molecular weight excluding hydrogens is 330 g/mol. The molecule has 0 radical (unpaired) electrons. The standard InChI is InChI=1S/C16H27N3O4S/c1-2-18(13-7-10-24(22,23)11-13)12-19-14(20)16(17-15(19)21)8-5-3-4-6-9-16/h13H,2-12H2,1H3,(H,17,21)/t13-/m0/s1. The first kappa shape index (κ1) is 17.7. The van der Waals surface area contributed by atoms with Crippen LogP contribution in [0.2, 0.25) is 0 Å². The second kappa shape index (κ2) is 6.63. The van der Waals surface area contributed by atoms with Crippen LogP contribution in [0.25, 0.3) is 0 Å². The Balaban J connectivity index is 1.72. The number of rotatable bonds is 4. The van der Waals surface area contributed by atoms with Gasteiger partial charge in [0, 0.05) is 6.04 Å². The molecule has 136 valence electrons. The van der Waals surface area contributed by atoms with E-state index >= 15 is 0 Å². The summed E-state index contributed by atoms with van der Waals surface area (Å²) in [5.74, 6) is 0.183. The average molecular weight is 357 g/mol. The summed E-state index contributed by atoms with van der Waals surface area (Å²) < 4.78 is 23.4. The van der Waals surface area contributed by atoms with E-state index in [1.165, 1.54) is 4.90 Å². The average Bonchev–Trinajstić information content (AvgIpc) is 2.87. The van der Waals surface area contributed by atoms with Crippen molar-refractivity contribution >= 4 is 21.8 Å². The largest absolute Gasteiger partial charge is 0.326 e. The van der Waals surface area contributed by atoms with Gasteiger partial charge in [0.15, 0.2) is 9.84 Å². The van der Waals surface area contributed by atoms with Crippen LogP contribution in [0.3, 0.4) is 0 Å². The van der Waals surface area contributed by atoms with E-state index in [2.05, 4.69) is 5.32 Å². The predicted molar refractivity (Wildman–Crippen MR) is 90.1 cm³/mol. The van der Waals surface area contributed by atoms with E-state index in [-0.39, 0.29) is 36.2 Å². The molecule has 2 heterocycles. The number of hydrogen-bond acceptors (Lipinski definition) is 5. The molecule has 1 atom stereocenters. The van der Waals surface area contributed by atoms with E-state index in [0.29, 0.717) is 25.8 Å². The Labute approximate surface area is 143 Å². The molecule has 0 aromatic rings. The molecule has 3 fully saturated rings. The molecule has 3 rings (SSSR count). The van der Waals surface area contributed by atoms with Gasteiger partial charge in [-0.3, -0.25) is 9.69 Å². The molecular formula is C16H27N3O4S. The van der Waals surface area contributed by atoms with Gasteiger partial charge in [0.1, 0.15) is 5.54 Å². The van der Waals surface area contributed by atoms with Crippen molar-refractivity contribution in [3.05, 3.63) is 0 Å². The molecule has 1 aliphatic carbocycles. The maximum atomic E-state index is 12.9. The highest BCUT2D eigenvalue weighted by Gasteiger charge is 2.51. The number of amides is 3. The summed E-state index contributed by atoms with van der Waals surface area (Å²) in [4.78, 5) is 28.6. The molecule has 3 aliphatic rings. The zero-order chi connectivity index (χ0) is 17.4. The molecule has 0 bridgehead atoms. The van der Waals surface area contributed by atoms with Crippen LogP contribution in [0.1, 0.15) is 51.9 Å². The highest BCUT2D eigenvalue weighted by atomic mass is 32.2. The lowest BCUT2D eigenvalue weighted by atomic mass is 9.90. The van der Waals surface area contributed by atoms with E-state index in [9.17, 15) is 18.0 Å². The van der Waals surface area contributed by atoms with Crippen molar-refractivity contribution in [2.24, 2.45) is 0 Å². The van der Waals surface area contributed by atoms with Crippen molar-refractivity contribution in [2.45, 2.75) is 63.5 Å². The first-order valence-electron chi connectivity index (χ1n) is 8.95. The van der Waals surface area contributed by atoms with E-state index in [1.807, 2.05) is 11.8 Å². The summed E-state index contributed by atoms with van der Waals surface area (Å²) in [5.41, 5.74) is -0.727. The summed E-state index contributed by atoms with van der Waals surface area (Å²) in [5, 5.41) is 2.94. The number of imide groups is 1. The minimum Gasteiger partial charge on any atom is -0.323 e. The molecule has 1 N–H and O–H groups in total. The van der Waals surface area contributed by atoms with E-state index in [4.69, 9.17) is 0 Å². The summed E-state index contributed by atoms with van der Waals surface area (Å²) in [6.07, 6.45) is 6.11. The molecule has 0 aromatic carbocycles. The molecule has 2 saturated heterocycles. The van der Waals surface area contributed by atoms with Crippen LogP contribution in [0.4, 0.5) is 4.79 Å². The Morgan fingerprint density at radius 2 is 1.88 bits per heavy atom. The number of sulfone groups is 1. The third-order valence-corrected chi connectivity index (χ3v) is 7.41. The topological polar surface area (TPSA) is 86.8 Å². The molecule has 2 aliphatic heterocycles. The van der Waals surface area contributed by atoms with E-state index < -0.39 is 15.4 Å². The number of nitrogens with zero attached hydrogens (tertiary/aromatic N) is 2. The molecule has 0 aromatic heterocycles. The van der Waals surface area contributed by atoms with Gasteiger partial charge in [-0.15, -0.1) is 0 Å². The Morgan fingerprint density at radius 1 is 1.21 bits per heavy atom. The second-order valence-electron chi connectivity index (χ2n) is 7.26. The molecule has 1 spiro atoms. The van der Waals surface area contributed by atoms with Crippen LogP contribution in [-0.2, 0) is 14.6 Å². The number of carbonyl (C=O) groups is 2. The van der Waals surface area contributed by atoms with E-state index in [0.717, 1.165) is 25.7 Å². The Bertz CT molecular complexity index is 611. The van der Waals surface area contributed by atoms with Gasteiger partial charge in [-0.25, -0.2) is 18.1 Å². The fraction of sp³-hybridized carbons (Fsp3) is 0.875. The molecule has 8 heteroatoms. The lowest BCUT2D eigenvalue weighted by molar-refractivity contribution is -0.133. The minimum atomic E-state index is -2.99. The number of hydrogen-bond donors (Lipinski definition) is 1. The Kier molecular flexibility index (Phi) is 4.88. The monoisotopic (exact) mass is 357 g/mol. The fourth-order valence-corrected chi connectivity index (χ4v) is 5.96. The first-order valence-corrected chi connectivity index (χ1v) is 10.8. The van der Waals surface area contributed by atoms with Gasteiger partial charge in [-0.1, -0.05) is 32.6 Å². The Hall–Kier alpha value is -1.15. The van der Waals surface area contributed by atoms with Crippen LogP contribution in [0.15, 0.2) is 0 Å². The third-order valence-electron chi connectivity index (χ3n) is 5.66. The number of urea groups is 1. The predicted octanol–water partition coefficient (Wildman–Crippen LogP) is 1.10. The smallest absolute Gasteiger partial charge is 0.323 e.